The molecule has 0 bridgehead atoms. The molecule has 2 N–H and O–H groups in total. The topological polar surface area (TPSA) is 175 Å². The van der Waals surface area contributed by atoms with Gasteiger partial charge in [0.05, 0.1) is 55.9 Å². The molecular weight excluding hydrogens is 752 g/mol. The van der Waals surface area contributed by atoms with E-state index in [-0.39, 0.29) is 53.0 Å². The second kappa shape index (κ2) is 18.0. The third-order valence-corrected chi connectivity index (χ3v) is 10.1. The summed E-state index contributed by atoms with van der Waals surface area (Å²) in [6.07, 6.45) is 8.18. The van der Waals surface area contributed by atoms with Gasteiger partial charge < -0.3 is 28.7 Å². The fraction of sp³-hybridized carbons (Fsp3) is 0.278. The Kier molecular flexibility index (Phi) is 13.5. The molecule has 3 aromatic carbocycles. The standard InChI is InChI=1S/C36H34F3N4O9PS/c1-23(54-27-17-49-34(50-18-27)9-4-3-6-25-11-10-24(16-40)14-31(25)38)36(20-43-22-41-21-42-43,30-13-12-26(37)15-32(30)39)52-35(44)28-7-5-8-33(48-2)29(28)19-51-53(45,46)47/h3-15,21-23,27,34H,17-20H2,1-2H3,(H2,45,46,47)/t23-,27?,34?,36-/m1/s1. The second-order valence-electron chi connectivity index (χ2n) is 11.8. The van der Waals surface area contributed by atoms with E-state index in [1.807, 2.05) is 6.07 Å². The molecule has 284 valence electrons. The van der Waals surface area contributed by atoms with Crippen LogP contribution in [0.2, 0.25) is 0 Å². The smallest absolute Gasteiger partial charge is 0.469 e. The van der Waals surface area contributed by atoms with Gasteiger partial charge in [-0.3, -0.25) is 4.52 Å². The van der Waals surface area contributed by atoms with E-state index in [1.54, 1.807) is 25.2 Å². The highest BCUT2D eigenvalue weighted by Crippen LogP contribution is 2.43. The van der Waals surface area contributed by atoms with Crippen LogP contribution in [0.1, 0.15) is 39.5 Å². The van der Waals surface area contributed by atoms with Crippen molar-refractivity contribution in [3.63, 3.8) is 0 Å². The van der Waals surface area contributed by atoms with Gasteiger partial charge >= 0.3 is 13.8 Å². The highest BCUT2D eigenvalue weighted by Gasteiger charge is 2.47. The third kappa shape index (κ3) is 10.2. The molecule has 1 aliphatic heterocycles. The van der Waals surface area contributed by atoms with Gasteiger partial charge in [0.1, 0.15) is 35.9 Å². The summed E-state index contributed by atoms with van der Waals surface area (Å²) in [7, 11) is -3.70. The fourth-order valence-corrected chi connectivity index (χ4v) is 7.25. The number of thioether (sulfide) groups is 1. The van der Waals surface area contributed by atoms with E-state index in [0.29, 0.717) is 11.6 Å². The number of carbonyl (C=O) groups excluding carboxylic acids is 1. The van der Waals surface area contributed by atoms with Crippen molar-refractivity contribution in [2.24, 2.45) is 0 Å². The summed E-state index contributed by atoms with van der Waals surface area (Å²) in [5, 5.41) is 11.9. The number of nitrogens with zero attached hydrogens (tertiary/aromatic N) is 4. The van der Waals surface area contributed by atoms with Crippen LogP contribution in [0.3, 0.4) is 0 Å². The highest BCUT2D eigenvalue weighted by molar-refractivity contribution is 8.00. The minimum atomic E-state index is -4.99. The van der Waals surface area contributed by atoms with Crippen molar-refractivity contribution in [1.29, 1.82) is 5.26 Å². The molecule has 0 saturated carbocycles. The van der Waals surface area contributed by atoms with Crippen molar-refractivity contribution in [2.75, 3.05) is 20.3 Å². The monoisotopic (exact) mass is 786 g/mol. The number of ether oxygens (including phenoxy) is 4. The van der Waals surface area contributed by atoms with Gasteiger partial charge in [-0.15, -0.1) is 11.8 Å². The summed E-state index contributed by atoms with van der Waals surface area (Å²) in [5.41, 5.74) is -1.85. The molecule has 13 nitrogen and oxygen atoms in total. The van der Waals surface area contributed by atoms with Gasteiger partial charge in [0.2, 0.25) is 0 Å². The van der Waals surface area contributed by atoms with Gasteiger partial charge in [-0.25, -0.2) is 32.2 Å². The van der Waals surface area contributed by atoms with E-state index < -0.39 is 55.0 Å². The van der Waals surface area contributed by atoms with Crippen molar-refractivity contribution in [3.8, 4) is 11.8 Å². The number of phosphoric acid groups is 1. The number of esters is 1. The zero-order valence-electron chi connectivity index (χ0n) is 28.8. The van der Waals surface area contributed by atoms with Crippen LogP contribution in [0.15, 0.2) is 85.5 Å². The van der Waals surface area contributed by atoms with Crippen LogP contribution in [0, 0.1) is 28.8 Å². The number of allylic oxidation sites excluding steroid dienone is 2. The van der Waals surface area contributed by atoms with Crippen LogP contribution >= 0.6 is 19.6 Å². The van der Waals surface area contributed by atoms with E-state index in [9.17, 15) is 27.9 Å². The van der Waals surface area contributed by atoms with Crippen LogP contribution in [0.4, 0.5) is 13.2 Å². The molecule has 4 aromatic rings. The number of phosphoric ester groups is 1. The van der Waals surface area contributed by atoms with Gasteiger partial charge in [-0.1, -0.05) is 30.4 Å². The molecule has 0 amide bonds. The predicted molar refractivity (Wildman–Crippen MR) is 189 cm³/mol. The molecule has 54 heavy (non-hydrogen) atoms. The lowest BCUT2D eigenvalue weighted by atomic mass is 9.89. The molecule has 0 spiro atoms. The van der Waals surface area contributed by atoms with Crippen molar-refractivity contribution < 1.29 is 55.8 Å². The maximum Gasteiger partial charge on any atom is 0.469 e. The third-order valence-electron chi connectivity index (χ3n) is 8.21. The maximum absolute atomic E-state index is 15.9. The van der Waals surface area contributed by atoms with Gasteiger partial charge in [-0.05, 0) is 49.4 Å². The van der Waals surface area contributed by atoms with Crippen LogP contribution in [0.25, 0.3) is 6.08 Å². The summed E-state index contributed by atoms with van der Waals surface area (Å²) in [5.74, 6) is -3.40. The van der Waals surface area contributed by atoms with Crippen LogP contribution in [-0.4, -0.2) is 67.6 Å². The normalized spacial score (nSPS) is 18.0. The Morgan fingerprint density at radius 1 is 1.15 bits per heavy atom. The number of hydrogen-bond acceptors (Lipinski definition) is 11. The number of carbonyl (C=O) groups is 1. The first-order chi connectivity index (χ1) is 25.8. The van der Waals surface area contributed by atoms with Crippen molar-refractivity contribution >= 4 is 31.6 Å². The van der Waals surface area contributed by atoms with Crippen molar-refractivity contribution in [1.82, 2.24) is 14.8 Å². The number of methoxy groups -OCH3 is 1. The Bertz CT molecular complexity index is 2090. The first-order valence-electron chi connectivity index (χ1n) is 16.1. The molecule has 2 heterocycles. The Morgan fingerprint density at radius 2 is 1.93 bits per heavy atom. The molecule has 1 aromatic heterocycles. The quantitative estimate of drug-likeness (QED) is 0.0808. The van der Waals surface area contributed by atoms with E-state index >= 15 is 4.39 Å². The first-order valence-corrected chi connectivity index (χ1v) is 18.6. The van der Waals surface area contributed by atoms with Crippen LogP contribution in [0.5, 0.6) is 5.75 Å². The minimum Gasteiger partial charge on any atom is -0.496 e. The predicted octanol–water partition coefficient (Wildman–Crippen LogP) is 6.07. The molecule has 1 aliphatic rings. The van der Waals surface area contributed by atoms with Gasteiger partial charge in [0.15, 0.2) is 11.9 Å². The molecule has 5 rings (SSSR count). The second-order valence-corrected chi connectivity index (χ2v) is 14.7. The number of benzene rings is 3. The Balaban J connectivity index is 1.40. The molecule has 1 fully saturated rings. The largest absolute Gasteiger partial charge is 0.496 e. The SMILES string of the molecule is COc1cccc(C(=O)O[C@@](Cn2cncn2)(c2ccc(F)cc2F)[C@@H](C)SC2COC(C=CC=Cc3ccc(C#N)cc3F)OC2)c1COP(=O)(O)O. The number of halogens is 3. The molecule has 1 saturated heterocycles. The number of hydrogen-bond donors (Lipinski definition) is 2. The summed E-state index contributed by atoms with van der Waals surface area (Å²) < 4.78 is 85.3. The lowest BCUT2D eigenvalue weighted by Gasteiger charge is -2.40. The Morgan fingerprint density at radius 3 is 2.57 bits per heavy atom. The number of rotatable bonds is 15. The zero-order valence-corrected chi connectivity index (χ0v) is 30.5. The summed E-state index contributed by atoms with van der Waals surface area (Å²) >= 11 is 1.25. The summed E-state index contributed by atoms with van der Waals surface area (Å²) in [4.78, 5) is 36.9. The van der Waals surface area contributed by atoms with Gasteiger partial charge in [0.25, 0.3) is 0 Å². The van der Waals surface area contributed by atoms with E-state index in [2.05, 4.69) is 10.1 Å². The molecule has 2 atom stereocenters. The van der Waals surface area contributed by atoms with E-state index in [4.69, 9.17) is 28.7 Å². The van der Waals surface area contributed by atoms with Crippen molar-refractivity contribution in [3.05, 3.63) is 131 Å². The lowest BCUT2D eigenvalue weighted by Crippen LogP contribution is -2.47. The van der Waals surface area contributed by atoms with Crippen LogP contribution in [-0.2, 0) is 42.1 Å². The van der Waals surface area contributed by atoms with E-state index in [1.165, 1.54) is 78.7 Å². The maximum atomic E-state index is 15.9. The fourth-order valence-electron chi connectivity index (χ4n) is 5.59. The molecular formula is C36H34F3N4O9PS. The average Bonchev–Trinajstić information content (AvgIpc) is 3.65. The number of aromatic nitrogens is 3. The molecule has 0 unspecified atom stereocenters. The summed E-state index contributed by atoms with van der Waals surface area (Å²) in [6.45, 7) is 0.951. The Labute approximate surface area is 312 Å². The Hall–Kier alpha value is -4.79. The zero-order chi connectivity index (χ0) is 38.9. The minimum absolute atomic E-state index is 0.0482. The lowest BCUT2D eigenvalue weighted by molar-refractivity contribution is -0.146. The van der Waals surface area contributed by atoms with Crippen molar-refractivity contribution in [2.45, 2.75) is 42.5 Å². The number of nitriles is 1. The molecule has 18 heteroatoms. The molecule has 0 radical (unpaired) electrons. The first kappa shape index (κ1) is 40.4. The van der Waals surface area contributed by atoms with Gasteiger partial charge in [0, 0.05) is 28.0 Å². The van der Waals surface area contributed by atoms with Gasteiger partial charge in [-0.2, -0.15) is 10.4 Å². The van der Waals surface area contributed by atoms with Crippen LogP contribution < -0.4 is 4.74 Å². The van der Waals surface area contributed by atoms with E-state index in [0.717, 1.165) is 12.1 Å². The highest BCUT2D eigenvalue weighted by atomic mass is 32.2. The summed E-state index contributed by atoms with van der Waals surface area (Å²) in [6, 6.07) is 13.1. The molecule has 0 aliphatic carbocycles. The average molecular weight is 787 g/mol.